The van der Waals surface area contributed by atoms with E-state index in [-0.39, 0.29) is 0 Å². The molecule has 0 saturated carbocycles. The van der Waals surface area contributed by atoms with Gasteiger partial charge in [0.1, 0.15) is 0 Å². The molecule has 0 bridgehead atoms. The molecular formula is C57H59N3. The van der Waals surface area contributed by atoms with Gasteiger partial charge in [0.2, 0.25) is 0 Å². The third-order valence-corrected chi connectivity index (χ3v) is 12.6. The summed E-state index contributed by atoms with van der Waals surface area (Å²) >= 11 is 0. The lowest BCUT2D eigenvalue weighted by Gasteiger charge is -2.16. The second kappa shape index (κ2) is 17.7. The maximum absolute atomic E-state index is 4.73. The van der Waals surface area contributed by atoms with Crippen LogP contribution in [-0.2, 0) is 25.7 Å². The van der Waals surface area contributed by atoms with Crippen LogP contribution in [0.1, 0.15) is 101 Å². The quantitative estimate of drug-likeness (QED) is 0.0957. The first-order chi connectivity index (χ1) is 29.6. The predicted molar refractivity (Wildman–Crippen MR) is 258 cm³/mol. The third-order valence-electron chi connectivity index (χ3n) is 12.6. The maximum Gasteiger partial charge on any atom is 0.0702 e. The van der Waals surface area contributed by atoms with Crippen LogP contribution in [0.4, 0.5) is 0 Å². The summed E-state index contributed by atoms with van der Waals surface area (Å²) in [7, 11) is 0. The second-order valence-corrected chi connectivity index (χ2v) is 17.0. The van der Waals surface area contributed by atoms with E-state index >= 15 is 0 Å². The fraction of sp³-hybridized carbons (Fsp3) is 0.281. The van der Waals surface area contributed by atoms with Crippen molar-refractivity contribution in [2.75, 3.05) is 0 Å². The normalized spacial score (nSPS) is 11.8. The zero-order valence-electron chi connectivity index (χ0n) is 36.1. The lowest BCUT2D eigenvalue weighted by molar-refractivity contribution is 0.795. The van der Waals surface area contributed by atoms with Crippen LogP contribution in [0.3, 0.4) is 0 Å². The van der Waals surface area contributed by atoms with Crippen molar-refractivity contribution < 1.29 is 0 Å². The molecule has 0 spiro atoms. The average molecular weight is 786 g/mol. The van der Waals surface area contributed by atoms with Gasteiger partial charge in [0.05, 0.1) is 27.8 Å². The van der Waals surface area contributed by atoms with Gasteiger partial charge in [-0.1, -0.05) is 102 Å². The van der Waals surface area contributed by atoms with E-state index in [1.54, 1.807) is 0 Å². The van der Waals surface area contributed by atoms with Gasteiger partial charge in [0.25, 0.3) is 0 Å². The molecule has 0 amide bonds. The number of aromatic nitrogens is 3. The molecule has 3 nitrogen and oxygen atoms in total. The van der Waals surface area contributed by atoms with Crippen LogP contribution < -0.4 is 0 Å². The molecule has 9 aromatic rings. The van der Waals surface area contributed by atoms with Crippen molar-refractivity contribution in [3.63, 3.8) is 0 Å². The number of benzene rings is 6. The van der Waals surface area contributed by atoms with Gasteiger partial charge in [0.15, 0.2) is 0 Å². The van der Waals surface area contributed by atoms with Crippen molar-refractivity contribution in [3.05, 3.63) is 162 Å². The molecule has 302 valence electrons. The van der Waals surface area contributed by atoms with Crippen LogP contribution in [0.15, 0.2) is 140 Å². The molecule has 0 radical (unpaired) electrons. The molecule has 0 aliphatic rings. The van der Waals surface area contributed by atoms with Crippen molar-refractivity contribution in [2.24, 2.45) is 0 Å². The number of pyridine rings is 1. The zero-order chi connectivity index (χ0) is 41.0. The minimum Gasteiger partial charge on any atom is -0.309 e. The highest BCUT2D eigenvalue weighted by Gasteiger charge is 2.19. The molecule has 0 N–H and O–H groups in total. The molecule has 3 heteroatoms. The van der Waals surface area contributed by atoms with Gasteiger partial charge < -0.3 is 9.13 Å². The monoisotopic (exact) mass is 785 g/mol. The molecule has 3 aromatic heterocycles. The number of hydrogen-bond acceptors (Lipinski definition) is 1. The summed E-state index contributed by atoms with van der Waals surface area (Å²) in [6, 6.07) is 51.3. The number of unbranched alkanes of at least 4 members (excludes halogenated alkanes) is 4. The molecule has 0 unspecified atom stereocenters. The Kier molecular flexibility index (Phi) is 11.7. The number of rotatable bonds is 16. The molecule has 60 heavy (non-hydrogen) atoms. The maximum atomic E-state index is 4.73. The molecule has 0 aliphatic carbocycles. The van der Waals surface area contributed by atoms with Crippen LogP contribution in [0, 0.1) is 0 Å². The smallest absolute Gasteiger partial charge is 0.0702 e. The number of hydrogen-bond donors (Lipinski definition) is 0. The SMILES string of the molecule is CCCCc1ccc2c(c1)c1cc(CCCC)ccc1n2-c1cc(-c2cccc(-c3ccccn3)c2)cc(-n2c3ccc(CCCC)cc3c3cc(CCCC)ccc32)c1. The van der Waals surface area contributed by atoms with E-state index < -0.39 is 0 Å². The lowest BCUT2D eigenvalue weighted by Crippen LogP contribution is -2.00. The lowest BCUT2D eigenvalue weighted by atomic mass is 10.00. The topological polar surface area (TPSA) is 22.8 Å². The summed E-state index contributed by atoms with van der Waals surface area (Å²) < 4.78 is 5.07. The Hall–Kier alpha value is -5.93. The van der Waals surface area contributed by atoms with E-state index in [2.05, 4.69) is 164 Å². The first-order valence-corrected chi connectivity index (χ1v) is 22.9. The van der Waals surface area contributed by atoms with Crippen LogP contribution >= 0.6 is 0 Å². The summed E-state index contributed by atoms with van der Waals surface area (Å²) in [5.74, 6) is 0. The van der Waals surface area contributed by atoms with Gasteiger partial charge in [-0.05, 0) is 170 Å². The van der Waals surface area contributed by atoms with Crippen LogP contribution in [0.5, 0.6) is 0 Å². The molecule has 6 aromatic carbocycles. The van der Waals surface area contributed by atoms with Gasteiger partial charge in [-0.3, -0.25) is 4.98 Å². The van der Waals surface area contributed by atoms with Crippen LogP contribution in [0.2, 0.25) is 0 Å². The van der Waals surface area contributed by atoms with Gasteiger partial charge in [-0.15, -0.1) is 0 Å². The number of aryl methyl sites for hydroxylation is 4. The van der Waals surface area contributed by atoms with E-state index in [9.17, 15) is 0 Å². The van der Waals surface area contributed by atoms with Crippen LogP contribution in [-0.4, -0.2) is 14.1 Å². The van der Waals surface area contributed by atoms with Crippen molar-refractivity contribution in [3.8, 4) is 33.8 Å². The summed E-state index contributed by atoms with van der Waals surface area (Å²) in [6.45, 7) is 9.15. The predicted octanol–water partition coefficient (Wildman–Crippen LogP) is 16.0. The van der Waals surface area contributed by atoms with Crippen LogP contribution in [0.25, 0.3) is 77.4 Å². The standard InChI is InChI=1S/C57H59N3/c1-5-9-16-40-23-27-54-49(32-40)50-33-41(17-10-6-2)24-28-55(50)59(54)47-37-46(44-20-15-21-45(36-44)53-22-13-14-31-58-53)38-48(39-47)60-56-29-25-42(18-11-7-3)34-51(56)52-35-43(19-12-8-4)26-30-57(52)60/h13-15,20-39H,5-12,16-19H2,1-4H3. The Morgan fingerprint density at radius 2 is 0.783 bits per heavy atom. The van der Waals surface area contributed by atoms with E-state index in [4.69, 9.17) is 4.98 Å². The highest BCUT2D eigenvalue weighted by atomic mass is 15.0. The summed E-state index contributed by atoms with van der Waals surface area (Å²) in [6.07, 6.45) is 15.9. The second-order valence-electron chi connectivity index (χ2n) is 17.0. The Morgan fingerprint density at radius 1 is 0.367 bits per heavy atom. The van der Waals surface area contributed by atoms with Crippen molar-refractivity contribution in [1.29, 1.82) is 0 Å². The summed E-state index contributed by atoms with van der Waals surface area (Å²) in [5.41, 5.74) is 17.5. The van der Waals surface area contributed by atoms with E-state index in [0.29, 0.717) is 0 Å². The van der Waals surface area contributed by atoms with E-state index in [1.807, 2.05) is 12.3 Å². The molecule has 9 rings (SSSR count). The average Bonchev–Trinajstić information content (AvgIpc) is 3.80. The van der Waals surface area contributed by atoms with Gasteiger partial charge in [-0.2, -0.15) is 0 Å². The Morgan fingerprint density at radius 3 is 1.17 bits per heavy atom. The van der Waals surface area contributed by atoms with E-state index in [1.165, 1.54) is 140 Å². The molecule has 0 aliphatic heterocycles. The van der Waals surface area contributed by atoms with E-state index in [0.717, 1.165) is 36.9 Å². The van der Waals surface area contributed by atoms with Crippen molar-refractivity contribution >= 4 is 43.6 Å². The number of fused-ring (bicyclic) bond motifs is 6. The first-order valence-electron chi connectivity index (χ1n) is 22.9. The Balaban J connectivity index is 1.32. The van der Waals surface area contributed by atoms with Gasteiger partial charge in [-0.25, -0.2) is 0 Å². The minimum atomic E-state index is 0.982. The first kappa shape index (κ1) is 39.5. The molecule has 0 atom stereocenters. The molecular weight excluding hydrogens is 727 g/mol. The van der Waals surface area contributed by atoms with Crippen molar-refractivity contribution in [2.45, 2.75) is 105 Å². The minimum absolute atomic E-state index is 0.982. The highest BCUT2D eigenvalue weighted by molar-refractivity contribution is 6.11. The summed E-state index contributed by atoms with van der Waals surface area (Å²) in [4.78, 5) is 4.73. The summed E-state index contributed by atoms with van der Waals surface area (Å²) in [5, 5.41) is 5.38. The molecule has 3 heterocycles. The molecule has 0 saturated heterocycles. The Bertz CT molecular complexity index is 2640. The third kappa shape index (κ3) is 7.79. The largest absolute Gasteiger partial charge is 0.309 e. The van der Waals surface area contributed by atoms with Gasteiger partial charge >= 0.3 is 0 Å². The fourth-order valence-electron chi connectivity index (χ4n) is 9.35. The number of nitrogens with zero attached hydrogens (tertiary/aromatic N) is 3. The van der Waals surface area contributed by atoms with Gasteiger partial charge in [0, 0.05) is 44.7 Å². The van der Waals surface area contributed by atoms with Crippen molar-refractivity contribution in [1.82, 2.24) is 14.1 Å². The highest BCUT2D eigenvalue weighted by Crippen LogP contribution is 2.40. The fourth-order valence-corrected chi connectivity index (χ4v) is 9.35. The molecule has 0 fully saturated rings. The zero-order valence-corrected chi connectivity index (χ0v) is 36.1. The Labute approximate surface area is 356 Å².